The van der Waals surface area contributed by atoms with E-state index in [1.165, 1.54) is 10.9 Å². The summed E-state index contributed by atoms with van der Waals surface area (Å²) in [4.78, 5) is 12.7. The number of alkyl halides is 2. The van der Waals surface area contributed by atoms with E-state index >= 15 is 4.39 Å². The summed E-state index contributed by atoms with van der Waals surface area (Å²) in [5.74, 6) is 0.415. The van der Waals surface area contributed by atoms with Gasteiger partial charge in [-0.05, 0) is 11.1 Å². The van der Waals surface area contributed by atoms with Gasteiger partial charge < -0.3 is 25.3 Å². The summed E-state index contributed by atoms with van der Waals surface area (Å²) in [5.41, 5.74) is 8.43. The van der Waals surface area contributed by atoms with E-state index in [-0.39, 0.29) is 24.8 Å². The molecule has 0 radical (unpaired) electrons. The van der Waals surface area contributed by atoms with Crippen LogP contribution < -0.4 is 11.1 Å². The second-order valence-corrected chi connectivity index (χ2v) is 9.00. The topological polar surface area (TPSA) is 109 Å². The molecule has 1 aliphatic rings. The minimum atomic E-state index is -2.46. The highest BCUT2D eigenvalue weighted by Crippen LogP contribution is 2.47. The van der Waals surface area contributed by atoms with Gasteiger partial charge in [-0.1, -0.05) is 72.3 Å². The predicted octanol–water partition coefficient (Wildman–Crippen LogP) is 4.05. The van der Waals surface area contributed by atoms with Crippen LogP contribution in [-0.2, 0) is 27.4 Å². The van der Waals surface area contributed by atoms with Crippen molar-refractivity contribution in [3.05, 3.63) is 78.1 Å². The van der Waals surface area contributed by atoms with Gasteiger partial charge in [0.1, 0.15) is 12.2 Å². The van der Waals surface area contributed by atoms with Crippen molar-refractivity contribution in [2.75, 3.05) is 24.7 Å². The number of halogens is 2. The van der Waals surface area contributed by atoms with Gasteiger partial charge in [-0.3, -0.25) is 4.57 Å². The van der Waals surface area contributed by atoms with Crippen molar-refractivity contribution in [1.29, 1.82) is 0 Å². The predicted molar refractivity (Wildman–Crippen MR) is 134 cm³/mol. The Bertz CT molecular complexity index is 1310. The Labute approximate surface area is 212 Å². The number of rotatable bonds is 9. The minimum absolute atomic E-state index is 0.00486. The Morgan fingerprint density at radius 2 is 1.75 bits per heavy atom. The smallest absolute Gasteiger partial charge is 0.256 e. The lowest BCUT2D eigenvalue weighted by Gasteiger charge is -2.26. The van der Waals surface area contributed by atoms with Crippen LogP contribution in [0, 0.1) is 0 Å². The molecule has 3 heterocycles. The molecule has 9 nitrogen and oxygen atoms in total. The van der Waals surface area contributed by atoms with Gasteiger partial charge in [-0.25, -0.2) is 9.37 Å². The number of anilines is 2. The molecule has 2 aromatic heterocycles. The Balaban J connectivity index is 1.42. The zero-order valence-electron chi connectivity index (χ0n) is 19.6. The van der Waals surface area contributed by atoms with Gasteiger partial charge in [-0.2, -0.15) is 9.97 Å². The summed E-state index contributed by atoms with van der Waals surface area (Å²) >= 11 is 6.55. The van der Waals surface area contributed by atoms with Crippen LogP contribution in [0.4, 0.5) is 16.2 Å². The first-order valence-electron chi connectivity index (χ1n) is 11.5. The monoisotopic (exact) mass is 512 g/mol. The molecular formula is C25H26ClFN6O3. The highest BCUT2D eigenvalue weighted by atomic mass is 35.5. The van der Waals surface area contributed by atoms with Crippen molar-refractivity contribution in [3.63, 3.8) is 0 Å². The summed E-state index contributed by atoms with van der Waals surface area (Å²) < 4.78 is 35.8. The van der Waals surface area contributed by atoms with Crippen LogP contribution in [0.5, 0.6) is 0 Å². The molecule has 4 atom stereocenters. The number of imidazole rings is 1. The first-order chi connectivity index (χ1) is 17.5. The molecule has 4 unspecified atom stereocenters. The largest absolute Gasteiger partial charge is 0.374 e. The molecule has 1 fully saturated rings. The first kappa shape index (κ1) is 24.4. The molecule has 0 aliphatic carbocycles. The number of nitrogen functional groups attached to an aromatic ring is 1. The average Bonchev–Trinajstić information content (AvgIpc) is 3.40. The number of fused-ring (bicyclic) bond motifs is 1. The molecule has 0 bridgehead atoms. The van der Waals surface area contributed by atoms with Gasteiger partial charge in [0.15, 0.2) is 23.2 Å². The fraction of sp³-hybridized carbons (Fsp3) is 0.320. The third-order valence-electron chi connectivity index (χ3n) is 5.94. The molecule has 188 valence electrons. The van der Waals surface area contributed by atoms with Gasteiger partial charge in [0, 0.05) is 7.05 Å². The number of benzene rings is 2. The number of nitrogens with zero attached hydrogens (tertiary/aromatic N) is 4. The molecule has 0 spiro atoms. The second-order valence-electron chi connectivity index (χ2n) is 8.42. The van der Waals surface area contributed by atoms with Crippen molar-refractivity contribution >= 4 is 34.5 Å². The third kappa shape index (κ3) is 4.85. The van der Waals surface area contributed by atoms with Crippen molar-refractivity contribution < 1.29 is 18.6 Å². The van der Waals surface area contributed by atoms with Crippen LogP contribution in [0.25, 0.3) is 11.2 Å². The molecule has 36 heavy (non-hydrogen) atoms. The van der Waals surface area contributed by atoms with Crippen LogP contribution >= 0.6 is 11.6 Å². The van der Waals surface area contributed by atoms with Crippen molar-refractivity contribution in [2.45, 2.75) is 36.8 Å². The molecule has 0 saturated carbocycles. The molecule has 11 heteroatoms. The van der Waals surface area contributed by atoms with Crippen LogP contribution in [0.1, 0.15) is 17.4 Å². The van der Waals surface area contributed by atoms with E-state index in [1.807, 2.05) is 60.7 Å². The third-order valence-corrected chi connectivity index (χ3v) is 6.35. The summed E-state index contributed by atoms with van der Waals surface area (Å²) in [7, 11) is 1.68. The zero-order chi connectivity index (χ0) is 25.1. The van der Waals surface area contributed by atoms with Gasteiger partial charge >= 0.3 is 0 Å². The Morgan fingerprint density at radius 1 is 1.08 bits per heavy atom. The SMILES string of the molecule is CNc1nc(N)nc2c1ncn2C1OC(COCc2ccccc2)C(OCc2ccccc2)C1(F)Cl. The summed E-state index contributed by atoms with van der Waals surface area (Å²) in [6.07, 6.45) is -1.83. The standard InChI is InChI=1S/C25H26ClFN6O3/c1-29-21-19-22(32-24(28)31-21)33(15-30-19)23-25(26,27)20(35-13-17-10-6-3-7-11-17)18(36-23)14-34-12-16-8-4-2-5-9-16/h2-11,15,18,20,23H,12-14H2,1H3,(H3,28,29,31,32). The number of aromatic nitrogens is 4. The van der Waals surface area contributed by atoms with E-state index in [0.717, 1.165) is 11.1 Å². The van der Waals surface area contributed by atoms with E-state index in [4.69, 9.17) is 31.5 Å². The molecule has 3 N–H and O–H groups in total. The summed E-state index contributed by atoms with van der Waals surface area (Å²) in [5, 5.41) is 0.460. The van der Waals surface area contributed by atoms with Crippen molar-refractivity contribution in [2.24, 2.45) is 0 Å². The van der Waals surface area contributed by atoms with Crippen LogP contribution in [0.15, 0.2) is 67.0 Å². The maximum atomic E-state index is 16.3. The number of ether oxygens (including phenoxy) is 3. The van der Waals surface area contributed by atoms with Gasteiger partial charge in [0.05, 0.1) is 26.1 Å². The van der Waals surface area contributed by atoms with Gasteiger partial charge in [0.2, 0.25) is 5.95 Å². The van der Waals surface area contributed by atoms with Crippen LogP contribution in [0.2, 0.25) is 0 Å². The van der Waals surface area contributed by atoms with E-state index in [0.29, 0.717) is 17.9 Å². The average molecular weight is 513 g/mol. The van der Waals surface area contributed by atoms with Gasteiger partial charge in [0.25, 0.3) is 5.13 Å². The lowest BCUT2D eigenvalue weighted by molar-refractivity contribution is -0.0821. The van der Waals surface area contributed by atoms with Crippen molar-refractivity contribution in [1.82, 2.24) is 19.5 Å². The number of hydrogen-bond donors (Lipinski definition) is 2. The maximum absolute atomic E-state index is 16.3. The quantitative estimate of drug-likeness (QED) is 0.323. The van der Waals surface area contributed by atoms with E-state index in [9.17, 15) is 0 Å². The fourth-order valence-corrected chi connectivity index (χ4v) is 4.58. The first-order valence-corrected chi connectivity index (χ1v) is 11.8. The number of hydrogen-bond acceptors (Lipinski definition) is 8. The highest BCUT2D eigenvalue weighted by molar-refractivity contribution is 6.23. The minimum Gasteiger partial charge on any atom is -0.374 e. The Hall–Kier alpha value is -3.31. The highest BCUT2D eigenvalue weighted by Gasteiger charge is 2.59. The maximum Gasteiger partial charge on any atom is 0.256 e. The molecule has 1 aliphatic heterocycles. The lowest BCUT2D eigenvalue weighted by Crippen LogP contribution is -2.41. The second kappa shape index (κ2) is 10.4. The molecule has 0 amide bonds. The Morgan fingerprint density at radius 3 is 2.42 bits per heavy atom. The zero-order valence-corrected chi connectivity index (χ0v) is 20.3. The molecule has 4 aromatic rings. The lowest BCUT2D eigenvalue weighted by atomic mass is 10.1. The van der Waals surface area contributed by atoms with Gasteiger partial charge in [-0.15, -0.1) is 0 Å². The van der Waals surface area contributed by atoms with Crippen molar-refractivity contribution in [3.8, 4) is 0 Å². The molecular weight excluding hydrogens is 487 g/mol. The van der Waals surface area contributed by atoms with Crippen LogP contribution in [0.3, 0.4) is 0 Å². The Kier molecular flexibility index (Phi) is 7.01. The summed E-state index contributed by atoms with van der Waals surface area (Å²) in [6, 6.07) is 19.1. The van der Waals surface area contributed by atoms with E-state index < -0.39 is 23.6 Å². The summed E-state index contributed by atoms with van der Waals surface area (Å²) in [6.45, 7) is 0.551. The number of nitrogens with two attached hydrogens (primary N) is 1. The molecule has 1 saturated heterocycles. The van der Waals surface area contributed by atoms with Crippen LogP contribution in [-0.4, -0.2) is 50.5 Å². The number of nitrogens with one attached hydrogen (secondary N) is 1. The van der Waals surface area contributed by atoms with E-state index in [2.05, 4.69) is 20.3 Å². The van der Waals surface area contributed by atoms with E-state index in [1.54, 1.807) is 7.05 Å². The molecule has 5 rings (SSSR count). The normalized spacial score (nSPS) is 23.8. The fourth-order valence-electron chi connectivity index (χ4n) is 4.22. The molecule has 2 aromatic carbocycles.